The van der Waals surface area contributed by atoms with Gasteiger partial charge in [0.2, 0.25) is 5.91 Å². The summed E-state index contributed by atoms with van der Waals surface area (Å²) in [5, 5.41) is 7.96. The van der Waals surface area contributed by atoms with E-state index >= 15 is 0 Å². The molecule has 5 heteroatoms. The molecule has 0 heterocycles. The zero-order valence-electron chi connectivity index (χ0n) is 17.1. The summed E-state index contributed by atoms with van der Waals surface area (Å²) >= 11 is 1.43. The van der Waals surface area contributed by atoms with Gasteiger partial charge in [-0.2, -0.15) is 0 Å². The minimum atomic E-state index is -0.162. The fraction of sp³-hybridized carbons (Fsp3) is 0.0769. The van der Waals surface area contributed by atoms with Crippen LogP contribution < -0.4 is 10.6 Å². The molecular formula is C26H22N2O2S. The first-order valence-corrected chi connectivity index (χ1v) is 10.9. The Balaban J connectivity index is 1.36. The molecule has 0 fully saturated rings. The van der Waals surface area contributed by atoms with Gasteiger partial charge in [0.25, 0.3) is 5.91 Å². The van der Waals surface area contributed by atoms with Gasteiger partial charge in [0.05, 0.1) is 5.75 Å². The van der Waals surface area contributed by atoms with E-state index in [0.29, 0.717) is 11.3 Å². The molecule has 0 unspecified atom stereocenters. The van der Waals surface area contributed by atoms with Crippen LogP contribution in [-0.2, 0) is 4.79 Å². The number of hydrogen-bond acceptors (Lipinski definition) is 3. The zero-order chi connectivity index (χ0) is 21.6. The lowest BCUT2D eigenvalue weighted by Gasteiger charge is -2.09. The van der Waals surface area contributed by atoms with E-state index in [1.54, 1.807) is 0 Å². The lowest BCUT2D eigenvalue weighted by atomic mass is 10.1. The molecule has 0 aliphatic carbocycles. The third-order valence-electron chi connectivity index (χ3n) is 4.81. The number of anilines is 2. The lowest BCUT2D eigenvalue weighted by Crippen LogP contribution is -2.14. The minimum Gasteiger partial charge on any atom is -0.325 e. The molecule has 4 aromatic carbocycles. The second kappa shape index (κ2) is 9.49. The number of nitrogens with one attached hydrogen (secondary N) is 2. The first kappa shape index (κ1) is 20.7. The first-order valence-electron chi connectivity index (χ1n) is 9.96. The molecule has 0 saturated carbocycles. The van der Waals surface area contributed by atoms with Gasteiger partial charge in [0.15, 0.2) is 0 Å². The van der Waals surface area contributed by atoms with Crippen LogP contribution in [0.5, 0.6) is 0 Å². The number of fused-ring (bicyclic) bond motifs is 1. The summed E-state index contributed by atoms with van der Waals surface area (Å²) in [4.78, 5) is 25.8. The summed E-state index contributed by atoms with van der Waals surface area (Å²) in [7, 11) is 0. The maximum absolute atomic E-state index is 12.7. The molecule has 0 aliphatic heterocycles. The first-order chi connectivity index (χ1) is 15.1. The van der Waals surface area contributed by atoms with Crippen molar-refractivity contribution < 1.29 is 9.59 Å². The second-order valence-electron chi connectivity index (χ2n) is 7.25. The molecule has 154 valence electrons. The van der Waals surface area contributed by atoms with E-state index in [1.165, 1.54) is 11.8 Å². The van der Waals surface area contributed by atoms with Crippen molar-refractivity contribution in [3.8, 4) is 0 Å². The van der Waals surface area contributed by atoms with Crippen molar-refractivity contribution in [1.82, 2.24) is 0 Å². The third kappa shape index (κ3) is 5.53. The summed E-state index contributed by atoms with van der Waals surface area (Å²) in [6.07, 6.45) is 0. The summed E-state index contributed by atoms with van der Waals surface area (Å²) in [6, 6.07) is 28.8. The Bertz CT molecular complexity index is 1240. The molecule has 2 amide bonds. The quantitative estimate of drug-likeness (QED) is 0.365. The van der Waals surface area contributed by atoms with Gasteiger partial charge in [-0.25, -0.2) is 0 Å². The van der Waals surface area contributed by atoms with Gasteiger partial charge in [-0.3, -0.25) is 9.59 Å². The van der Waals surface area contributed by atoms with Crippen LogP contribution in [0.2, 0.25) is 0 Å². The van der Waals surface area contributed by atoms with Gasteiger partial charge in [-0.15, -0.1) is 11.8 Å². The van der Waals surface area contributed by atoms with E-state index in [0.717, 1.165) is 26.9 Å². The van der Waals surface area contributed by atoms with Crippen molar-refractivity contribution in [2.75, 3.05) is 16.4 Å². The highest BCUT2D eigenvalue weighted by Crippen LogP contribution is 2.23. The van der Waals surface area contributed by atoms with E-state index in [-0.39, 0.29) is 17.6 Å². The van der Waals surface area contributed by atoms with Crippen molar-refractivity contribution in [3.63, 3.8) is 0 Å². The molecule has 4 nitrogen and oxygen atoms in total. The number of carbonyl (C=O) groups is 2. The van der Waals surface area contributed by atoms with Crippen LogP contribution in [0.3, 0.4) is 0 Å². The fourth-order valence-electron chi connectivity index (χ4n) is 3.18. The average Bonchev–Trinajstić information content (AvgIpc) is 2.79. The number of hydrogen-bond donors (Lipinski definition) is 2. The van der Waals surface area contributed by atoms with Crippen LogP contribution in [0.15, 0.2) is 95.9 Å². The number of amides is 2. The number of thioether (sulfide) groups is 1. The van der Waals surface area contributed by atoms with Crippen LogP contribution in [0, 0.1) is 6.92 Å². The zero-order valence-corrected chi connectivity index (χ0v) is 17.9. The third-order valence-corrected chi connectivity index (χ3v) is 5.80. The van der Waals surface area contributed by atoms with Crippen LogP contribution in [-0.4, -0.2) is 17.6 Å². The summed E-state index contributed by atoms with van der Waals surface area (Å²) in [5.74, 6) is 0.0557. The SMILES string of the molecule is Cc1ccc(NC(=O)CSc2cccc(NC(=O)c3ccc4ccccc4c3)c2)cc1. The Hall–Kier alpha value is -3.57. The van der Waals surface area contributed by atoms with E-state index in [9.17, 15) is 9.59 Å². The Morgan fingerprint density at radius 1 is 0.742 bits per heavy atom. The Morgan fingerprint density at radius 2 is 1.52 bits per heavy atom. The fourth-order valence-corrected chi connectivity index (χ4v) is 3.94. The topological polar surface area (TPSA) is 58.2 Å². The highest BCUT2D eigenvalue weighted by Gasteiger charge is 2.09. The van der Waals surface area contributed by atoms with Gasteiger partial charge >= 0.3 is 0 Å². The van der Waals surface area contributed by atoms with Gasteiger partial charge in [-0.05, 0) is 60.2 Å². The Kier molecular flexibility index (Phi) is 6.34. The number of aryl methyl sites for hydroxylation is 1. The minimum absolute atomic E-state index is 0.0699. The molecule has 0 saturated heterocycles. The van der Waals surface area contributed by atoms with Crippen molar-refractivity contribution in [1.29, 1.82) is 0 Å². The normalized spacial score (nSPS) is 10.6. The monoisotopic (exact) mass is 426 g/mol. The highest BCUT2D eigenvalue weighted by molar-refractivity contribution is 8.00. The summed E-state index contributed by atoms with van der Waals surface area (Å²) in [5.41, 5.74) is 3.24. The molecule has 4 aromatic rings. The second-order valence-corrected chi connectivity index (χ2v) is 8.30. The molecule has 0 bridgehead atoms. The molecule has 0 spiro atoms. The summed E-state index contributed by atoms with van der Waals surface area (Å²) in [6.45, 7) is 2.01. The van der Waals surface area contributed by atoms with Crippen LogP contribution in [0.4, 0.5) is 11.4 Å². The van der Waals surface area contributed by atoms with E-state index in [1.807, 2.05) is 97.9 Å². The lowest BCUT2D eigenvalue weighted by molar-refractivity contribution is -0.113. The molecule has 0 radical (unpaired) electrons. The van der Waals surface area contributed by atoms with Crippen LogP contribution in [0.25, 0.3) is 10.8 Å². The Labute approximate surface area is 185 Å². The van der Waals surface area contributed by atoms with Gasteiger partial charge in [0, 0.05) is 21.8 Å². The molecular weight excluding hydrogens is 404 g/mol. The predicted octanol–water partition coefficient (Wildman–Crippen LogP) is 6.13. The predicted molar refractivity (Wildman–Crippen MR) is 129 cm³/mol. The van der Waals surface area contributed by atoms with E-state index in [2.05, 4.69) is 10.6 Å². The maximum Gasteiger partial charge on any atom is 0.255 e. The van der Waals surface area contributed by atoms with Crippen LogP contribution >= 0.6 is 11.8 Å². The smallest absolute Gasteiger partial charge is 0.255 e. The maximum atomic E-state index is 12.7. The average molecular weight is 427 g/mol. The molecule has 0 atom stereocenters. The summed E-state index contributed by atoms with van der Waals surface area (Å²) < 4.78 is 0. The van der Waals surface area contributed by atoms with E-state index < -0.39 is 0 Å². The number of carbonyl (C=O) groups excluding carboxylic acids is 2. The van der Waals surface area contributed by atoms with Gasteiger partial charge in [-0.1, -0.05) is 54.1 Å². The molecule has 4 rings (SSSR count). The largest absolute Gasteiger partial charge is 0.325 e. The van der Waals surface area contributed by atoms with Crippen molar-refractivity contribution in [3.05, 3.63) is 102 Å². The molecule has 2 N–H and O–H groups in total. The Morgan fingerprint density at radius 3 is 2.32 bits per heavy atom. The van der Waals surface area contributed by atoms with Gasteiger partial charge < -0.3 is 10.6 Å². The standard InChI is InChI=1S/C26H22N2O2S/c1-18-9-13-22(14-10-18)27-25(29)17-31-24-8-4-7-23(16-24)28-26(30)21-12-11-19-5-2-3-6-20(19)15-21/h2-16H,17H2,1H3,(H,27,29)(H,28,30). The van der Waals surface area contributed by atoms with Crippen molar-refractivity contribution in [2.24, 2.45) is 0 Å². The van der Waals surface area contributed by atoms with Crippen molar-refractivity contribution >= 4 is 45.7 Å². The van der Waals surface area contributed by atoms with Crippen molar-refractivity contribution in [2.45, 2.75) is 11.8 Å². The number of rotatable bonds is 6. The molecule has 31 heavy (non-hydrogen) atoms. The van der Waals surface area contributed by atoms with Crippen LogP contribution in [0.1, 0.15) is 15.9 Å². The highest BCUT2D eigenvalue weighted by atomic mass is 32.2. The number of benzene rings is 4. The molecule has 0 aromatic heterocycles. The van der Waals surface area contributed by atoms with Gasteiger partial charge in [0.1, 0.15) is 0 Å². The van der Waals surface area contributed by atoms with E-state index in [4.69, 9.17) is 0 Å². The molecule has 0 aliphatic rings.